The number of ether oxygens (including phenoxy) is 5. The zero-order valence-corrected chi connectivity index (χ0v) is 23.3. The fourth-order valence-electron chi connectivity index (χ4n) is 5.01. The molecule has 3 aromatic rings. The van der Waals surface area contributed by atoms with Gasteiger partial charge in [0, 0.05) is 17.7 Å². The predicted octanol–water partition coefficient (Wildman–Crippen LogP) is -1.38. The summed E-state index contributed by atoms with van der Waals surface area (Å²) in [7, 11) is 1.32. The average molecular weight is 625 g/mol. The van der Waals surface area contributed by atoms with Crippen molar-refractivity contribution in [3.05, 3.63) is 40.6 Å². The van der Waals surface area contributed by atoms with Crippen molar-refractivity contribution < 1.29 is 74.1 Å². The summed E-state index contributed by atoms with van der Waals surface area (Å²) >= 11 is 0. The fraction of sp³-hybridized carbons (Fsp3) is 0.464. The molecule has 0 radical (unpaired) electrons. The summed E-state index contributed by atoms with van der Waals surface area (Å²) in [5.74, 6) is -2.33. The predicted molar refractivity (Wildman–Crippen MR) is 145 cm³/mol. The number of hydrogen-bond acceptors (Lipinski definition) is 16. The van der Waals surface area contributed by atoms with Crippen molar-refractivity contribution in [3.63, 3.8) is 0 Å². The van der Waals surface area contributed by atoms with Gasteiger partial charge in [0.15, 0.2) is 23.5 Å². The third-order valence-corrected chi connectivity index (χ3v) is 7.49. The van der Waals surface area contributed by atoms with Crippen LogP contribution in [0.1, 0.15) is 6.92 Å². The van der Waals surface area contributed by atoms with E-state index in [2.05, 4.69) is 0 Å². The monoisotopic (exact) mass is 624 g/mol. The molecule has 240 valence electrons. The molecule has 16 nitrogen and oxygen atoms in total. The highest BCUT2D eigenvalue weighted by molar-refractivity contribution is 5.88. The van der Waals surface area contributed by atoms with Crippen LogP contribution in [0.2, 0.25) is 0 Å². The topological polar surface area (TPSA) is 258 Å². The molecule has 9 N–H and O–H groups in total. The first-order valence-electron chi connectivity index (χ1n) is 13.4. The maximum absolute atomic E-state index is 13.7. The molecule has 0 saturated carbocycles. The standard InChI is InChI=1S/C28H32O16/c1-9-18(32)21(35)23(37)27(41-9)40-8-16-19(33)22(36)24(38)28(43-16)44-26-20(34)17-13(31)6-11(29)7-15(17)42-25(26)10-3-4-14(39-2)12(30)5-10/h3-7,9,16,18-19,21-24,27-33,35-38H,8H2,1-2H3/t9-,16-,18-,19+,21+,22-,23+,24+,27+,28-/m0/s1. The first-order valence-corrected chi connectivity index (χ1v) is 13.4. The third kappa shape index (κ3) is 5.74. The van der Waals surface area contributed by atoms with E-state index in [0.29, 0.717) is 0 Å². The van der Waals surface area contributed by atoms with Crippen molar-refractivity contribution in [2.24, 2.45) is 0 Å². The zero-order chi connectivity index (χ0) is 32.0. The lowest BCUT2D eigenvalue weighted by Gasteiger charge is -2.42. The molecule has 3 heterocycles. The lowest BCUT2D eigenvalue weighted by molar-refractivity contribution is -0.318. The Morgan fingerprint density at radius 1 is 0.795 bits per heavy atom. The SMILES string of the molecule is COc1ccc(-c2oc3cc(O)cc(O)c3c(=O)c2O[C@@H]2O[C@@H](CO[C@@H]3O[C@@H](C)[C@H](O)[C@@H](O)[C@H]3O)[C@@H](O)[C@H](O)[C@H]2O)cc1O. The van der Waals surface area contributed by atoms with Crippen LogP contribution in [-0.4, -0.2) is 121 Å². The summed E-state index contributed by atoms with van der Waals surface area (Å²) in [5.41, 5.74) is -1.19. The first kappa shape index (κ1) is 31.7. The molecule has 1 aromatic heterocycles. The van der Waals surface area contributed by atoms with Gasteiger partial charge in [0.2, 0.25) is 17.5 Å². The Morgan fingerprint density at radius 3 is 2.16 bits per heavy atom. The summed E-state index contributed by atoms with van der Waals surface area (Å²) in [4.78, 5) is 13.7. The number of aliphatic hydroxyl groups is 6. The Balaban J connectivity index is 1.48. The zero-order valence-electron chi connectivity index (χ0n) is 23.3. The van der Waals surface area contributed by atoms with Crippen molar-refractivity contribution >= 4 is 11.0 Å². The summed E-state index contributed by atoms with van der Waals surface area (Å²) in [6.07, 6.45) is -16.0. The van der Waals surface area contributed by atoms with Gasteiger partial charge in [0.1, 0.15) is 65.2 Å². The van der Waals surface area contributed by atoms with Gasteiger partial charge >= 0.3 is 0 Å². The number of aromatic hydroxyl groups is 3. The summed E-state index contributed by atoms with van der Waals surface area (Å²) in [6, 6.07) is 5.88. The number of phenolic OH excluding ortho intramolecular Hbond substituents is 3. The van der Waals surface area contributed by atoms with Crippen LogP contribution in [0.3, 0.4) is 0 Å². The van der Waals surface area contributed by atoms with E-state index in [1.165, 1.54) is 32.2 Å². The van der Waals surface area contributed by atoms with Crippen LogP contribution < -0.4 is 14.9 Å². The molecule has 2 fully saturated rings. The lowest BCUT2D eigenvalue weighted by atomic mass is 9.98. The highest BCUT2D eigenvalue weighted by Crippen LogP contribution is 2.39. The van der Waals surface area contributed by atoms with Crippen molar-refractivity contribution in [2.45, 2.75) is 68.3 Å². The largest absolute Gasteiger partial charge is 0.508 e. The van der Waals surface area contributed by atoms with E-state index in [9.17, 15) is 50.8 Å². The fourth-order valence-corrected chi connectivity index (χ4v) is 5.01. The molecule has 0 amide bonds. The van der Waals surface area contributed by atoms with E-state index in [4.69, 9.17) is 28.1 Å². The summed E-state index contributed by atoms with van der Waals surface area (Å²) < 4.78 is 33.1. The van der Waals surface area contributed by atoms with Crippen LogP contribution in [0, 0.1) is 0 Å². The van der Waals surface area contributed by atoms with Crippen LogP contribution in [-0.2, 0) is 14.2 Å². The molecule has 0 unspecified atom stereocenters. The van der Waals surface area contributed by atoms with Gasteiger partial charge in [-0.05, 0) is 25.1 Å². The number of rotatable bonds is 7. The molecule has 2 aliphatic heterocycles. The normalized spacial score (nSPS) is 32.5. The molecule has 0 spiro atoms. The average Bonchev–Trinajstić information content (AvgIpc) is 2.98. The smallest absolute Gasteiger partial charge is 0.239 e. The number of fused-ring (bicyclic) bond motifs is 1. The highest BCUT2D eigenvalue weighted by Gasteiger charge is 2.47. The van der Waals surface area contributed by atoms with Crippen molar-refractivity contribution in [2.75, 3.05) is 13.7 Å². The van der Waals surface area contributed by atoms with Crippen molar-refractivity contribution in [3.8, 4) is 40.1 Å². The van der Waals surface area contributed by atoms with Gasteiger partial charge in [-0.25, -0.2) is 0 Å². The van der Waals surface area contributed by atoms with E-state index in [-0.39, 0.29) is 28.4 Å². The van der Waals surface area contributed by atoms with Gasteiger partial charge in [0.05, 0.1) is 19.8 Å². The number of methoxy groups -OCH3 is 1. The minimum absolute atomic E-state index is 0.0594. The van der Waals surface area contributed by atoms with Crippen molar-refractivity contribution in [1.29, 1.82) is 0 Å². The number of aliphatic hydroxyl groups excluding tert-OH is 6. The number of benzene rings is 2. The molecule has 2 aliphatic rings. The Morgan fingerprint density at radius 2 is 1.48 bits per heavy atom. The molecule has 2 aromatic carbocycles. The minimum Gasteiger partial charge on any atom is -0.508 e. The molecule has 16 heteroatoms. The number of hydrogen-bond donors (Lipinski definition) is 9. The van der Waals surface area contributed by atoms with Gasteiger partial charge in [-0.15, -0.1) is 0 Å². The van der Waals surface area contributed by atoms with E-state index < -0.39 is 96.1 Å². The first-order chi connectivity index (χ1) is 20.8. The second-order valence-electron chi connectivity index (χ2n) is 10.5. The Hall–Kier alpha value is -3.71. The quantitative estimate of drug-likeness (QED) is 0.147. The molecule has 10 atom stereocenters. The van der Waals surface area contributed by atoms with Crippen LogP contribution >= 0.6 is 0 Å². The van der Waals surface area contributed by atoms with Gasteiger partial charge < -0.3 is 74.1 Å². The maximum Gasteiger partial charge on any atom is 0.239 e. The Bertz CT molecular complexity index is 1560. The van der Waals surface area contributed by atoms with Crippen LogP contribution in [0.4, 0.5) is 0 Å². The van der Waals surface area contributed by atoms with E-state index in [0.717, 1.165) is 12.1 Å². The second-order valence-corrected chi connectivity index (χ2v) is 10.5. The van der Waals surface area contributed by atoms with E-state index in [1.807, 2.05) is 0 Å². The molecule has 5 rings (SSSR count). The van der Waals surface area contributed by atoms with Gasteiger partial charge in [-0.3, -0.25) is 4.79 Å². The molecule has 0 bridgehead atoms. The van der Waals surface area contributed by atoms with Crippen LogP contribution in [0.15, 0.2) is 39.5 Å². The van der Waals surface area contributed by atoms with Crippen LogP contribution in [0.5, 0.6) is 28.7 Å². The molecular formula is C28H32O16. The second kappa shape index (κ2) is 12.4. The third-order valence-electron chi connectivity index (χ3n) is 7.49. The van der Waals surface area contributed by atoms with Gasteiger partial charge in [-0.1, -0.05) is 0 Å². The highest BCUT2D eigenvalue weighted by atomic mass is 16.7. The minimum atomic E-state index is -1.95. The Labute approximate surface area is 248 Å². The Kier molecular flexibility index (Phi) is 8.90. The summed E-state index contributed by atoms with van der Waals surface area (Å²) in [6.45, 7) is 0.841. The van der Waals surface area contributed by atoms with Gasteiger partial charge in [0.25, 0.3) is 0 Å². The lowest BCUT2D eigenvalue weighted by Crippen LogP contribution is -2.61. The van der Waals surface area contributed by atoms with Gasteiger partial charge in [-0.2, -0.15) is 0 Å². The summed E-state index contributed by atoms with van der Waals surface area (Å²) in [5, 5.41) is 92.3. The molecular weight excluding hydrogens is 592 g/mol. The van der Waals surface area contributed by atoms with Crippen LogP contribution in [0.25, 0.3) is 22.3 Å². The molecule has 44 heavy (non-hydrogen) atoms. The molecule has 2 saturated heterocycles. The molecule has 0 aliphatic carbocycles. The van der Waals surface area contributed by atoms with Crippen molar-refractivity contribution in [1.82, 2.24) is 0 Å². The maximum atomic E-state index is 13.7. The van der Waals surface area contributed by atoms with E-state index in [1.54, 1.807) is 0 Å². The number of phenols is 3. The van der Waals surface area contributed by atoms with E-state index >= 15 is 0 Å².